The molecule has 0 aromatic heterocycles. The monoisotopic (exact) mass is 230 g/mol. The van der Waals surface area contributed by atoms with Gasteiger partial charge in [-0.3, -0.25) is 0 Å². The van der Waals surface area contributed by atoms with Crippen LogP contribution in [0.3, 0.4) is 0 Å². The van der Waals surface area contributed by atoms with Crippen LogP contribution in [0.5, 0.6) is 0 Å². The molecule has 3 heteroatoms. The van der Waals surface area contributed by atoms with E-state index in [-0.39, 0.29) is 5.04 Å². The zero-order chi connectivity index (χ0) is 12.1. The highest BCUT2D eigenvalue weighted by Crippen LogP contribution is 2.36. The van der Waals surface area contributed by atoms with Crippen molar-refractivity contribution in [1.29, 1.82) is 0 Å². The standard InChI is InChI=1S/C12H26O2Si/c1-11(7-9-13)8-10-14-15(5,6)12(2,3)4/h9,11H,7-8,10H2,1-6H3. The zero-order valence-corrected chi connectivity index (χ0v) is 12.1. The Balaban J connectivity index is 3.90. The van der Waals surface area contributed by atoms with Crippen LogP contribution in [0, 0.1) is 5.92 Å². The molecular formula is C12H26O2Si. The summed E-state index contributed by atoms with van der Waals surface area (Å²) in [4.78, 5) is 10.3. The molecule has 0 aromatic rings. The Bertz CT molecular complexity index is 194. The predicted molar refractivity (Wildman–Crippen MR) is 67.6 cm³/mol. The van der Waals surface area contributed by atoms with Gasteiger partial charge in [-0.05, 0) is 30.5 Å². The average Bonchev–Trinajstić information content (AvgIpc) is 2.01. The summed E-state index contributed by atoms with van der Waals surface area (Å²) in [6.07, 6.45) is 2.64. The smallest absolute Gasteiger partial charge is 0.191 e. The quantitative estimate of drug-likeness (QED) is 0.514. The summed E-state index contributed by atoms with van der Waals surface area (Å²) in [5.41, 5.74) is 0. The van der Waals surface area contributed by atoms with Gasteiger partial charge in [-0.25, -0.2) is 0 Å². The number of rotatable bonds is 6. The summed E-state index contributed by atoms with van der Waals surface area (Å²) in [5.74, 6) is 0.451. The summed E-state index contributed by atoms with van der Waals surface area (Å²) in [7, 11) is -1.58. The van der Waals surface area contributed by atoms with Crippen molar-refractivity contribution in [2.24, 2.45) is 5.92 Å². The van der Waals surface area contributed by atoms with E-state index in [1.165, 1.54) is 0 Å². The molecule has 0 spiro atoms. The molecule has 0 saturated heterocycles. The first-order chi connectivity index (χ1) is 6.70. The third kappa shape index (κ3) is 5.47. The Labute approximate surface area is 95.5 Å². The Hall–Kier alpha value is -0.153. The van der Waals surface area contributed by atoms with E-state index in [0.29, 0.717) is 12.3 Å². The third-order valence-electron chi connectivity index (χ3n) is 3.38. The maximum absolute atomic E-state index is 10.3. The van der Waals surface area contributed by atoms with Gasteiger partial charge in [0.25, 0.3) is 0 Å². The van der Waals surface area contributed by atoms with Gasteiger partial charge >= 0.3 is 0 Å². The second-order valence-corrected chi connectivity index (χ2v) is 10.7. The van der Waals surface area contributed by atoms with E-state index in [1.807, 2.05) is 0 Å². The van der Waals surface area contributed by atoms with Crippen LogP contribution >= 0.6 is 0 Å². The Morgan fingerprint density at radius 3 is 2.27 bits per heavy atom. The van der Waals surface area contributed by atoms with Gasteiger partial charge < -0.3 is 9.22 Å². The highest BCUT2D eigenvalue weighted by molar-refractivity contribution is 6.74. The minimum Gasteiger partial charge on any atom is -0.417 e. The van der Waals surface area contributed by atoms with Gasteiger partial charge in [0.15, 0.2) is 8.32 Å². The summed E-state index contributed by atoms with van der Waals surface area (Å²) >= 11 is 0. The van der Waals surface area contributed by atoms with Crippen molar-refractivity contribution >= 4 is 14.6 Å². The molecule has 0 rings (SSSR count). The van der Waals surface area contributed by atoms with Crippen LogP contribution in [-0.4, -0.2) is 21.2 Å². The average molecular weight is 230 g/mol. The molecule has 0 heterocycles. The largest absolute Gasteiger partial charge is 0.417 e. The molecule has 0 saturated carbocycles. The fourth-order valence-corrected chi connectivity index (χ4v) is 2.08. The molecule has 0 amide bonds. The highest BCUT2D eigenvalue weighted by Gasteiger charge is 2.36. The summed E-state index contributed by atoms with van der Waals surface area (Å²) in [6, 6.07) is 0. The molecule has 0 N–H and O–H groups in total. The molecule has 0 aliphatic heterocycles. The van der Waals surface area contributed by atoms with Gasteiger partial charge in [0.05, 0.1) is 0 Å². The van der Waals surface area contributed by atoms with E-state index in [1.54, 1.807) is 0 Å². The first-order valence-corrected chi connectivity index (χ1v) is 8.69. The highest BCUT2D eigenvalue weighted by atomic mass is 28.4. The van der Waals surface area contributed by atoms with Crippen molar-refractivity contribution < 1.29 is 9.22 Å². The normalized spacial score (nSPS) is 15.1. The van der Waals surface area contributed by atoms with Crippen molar-refractivity contribution in [3.05, 3.63) is 0 Å². The lowest BCUT2D eigenvalue weighted by molar-refractivity contribution is -0.108. The van der Waals surface area contributed by atoms with Gasteiger partial charge in [0.2, 0.25) is 0 Å². The lowest BCUT2D eigenvalue weighted by Crippen LogP contribution is -2.41. The maximum Gasteiger partial charge on any atom is 0.191 e. The minimum absolute atomic E-state index is 0.279. The lowest BCUT2D eigenvalue weighted by atomic mass is 10.1. The fourth-order valence-electron chi connectivity index (χ4n) is 1.01. The molecule has 15 heavy (non-hydrogen) atoms. The second-order valence-electron chi connectivity index (χ2n) is 5.90. The summed E-state index contributed by atoms with van der Waals surface area (Å²) in [5, 5.41) is 0.279. The van der Waals surface area contributed by atoms with Crippen molar-refractivity contribution in [1.82, 2.24) is 0 Å². The molecule has 1 unspecified atom stereocenters. The lowest BCUT2D eigenvalue weighted by Gasteiger charge is -2.36. The van der Waals surface area contributed by atoms with Crippen LogP contribution < -0.4 is 0 Å². The Morgan fingerprint density at radius 1 is 1.33 bits per heavy atom. The van der Waals surface area contributed by atoms with E-state index in [4.69, 9.17) is 4.43 Å². The number of hydrogen-bond donors (Lipinski definition) is 0. The van der Waals surface area contributed by atoms with Gasteiger partial charge in [0.1, 0.15) is 6.29 Å². The molecule has 0 aliphatic carbocycles. The molecular weight excluding hydrogens is 204 g/mol. The summed E-state index contributed by atoms with van der Waals surface area (Å²) in [6.45, 7) is 14.2. The third-order valence-corrected chi connectivity index (χ3v) is 7.92. The molecule has 2 nitrogen and oxygen atoms in total. The van der Waals surface area contributed by atoms with Crippen LogP contribution in [-0.2, 0) is 9.22 Å². The van der Waals surface area contributed by atoms with E-state index in [9.17, 15) is 4.79 Å². The number of carbonyl (C=O) groups is 1. The molecule has 0 aliphatic rings. The van der Waals surface area contributed by atoms with Crippen LogP contribution in [0.1, 0.15) is 40.5 Å². The zero-order valence-electron chi connectivity index (χ0n) is 11.1. The first kappa shape index (κ1) is 14.8. The maximum atomic E-state index is 10.3. The molecule has 0 bridgehead atoms. The topological polar surface area (TPSA) is 26.3 Å². The van der Waals surface area contributed by atoms with Gasteiger partial charge in [-0.2, -0.15) is 0 Å². The van der Waals surface area contributed by atoms with Crippen LogP contribution in [0.15, 0.2) is 0 Å². The van der Waals surface area contributed by atoms with Crippen LogP contribution in [0.25, 0.3) is 0 Å². The van der Waals surface area contributed by atoms with Gasteiger partial charge in [0, 0.05) is 13.0 Å². The molecule has 0 aromatic carbocycles. The molecule has 1 atom stereocenters. The van der Waals surface area contributed by atoms with E-state index in [2.05, 4.69) is 40.8 Å². The second kappa shape index (κ2) is 5.80. The SMILES string of the molecule is CC(CC=O)CCO[Si](C)(C)C(C)(C)C. The fraction of sp³-hybridized carbons (Fsp3) is 0.917. The van der Waals surface area contributed by atoms with Crippen molar-refractivity contribution in [3.63, 3.8) is 0 Å². The minimum atomic E-state index is -1.58. The van der Waals surface area contributed by atoms with E-state index in [0.717, 1.165) is 19.3 Å². The number of carbonyl (C=O) groups excluding carboxylic acids is 1. The van der Waals surface area contributed by atoms with Crippen molar-refractivity contribution in [2.45, 2.75) is 58.7 Å². The Kier molecular flexibility index (Phi) is 5.74. The molecule has 0 radical (unpaired) electrons. The van der Waals surface area contributed by atoms with Crippen LogP contribution in [0.4, 0.5) is 0 Å². The van der Waals surface area contributed by atoms with Gasteiger partial charge in [-0.1, -0.05) is 27.7 Å². The summed E-state index contributed by atoms with van der Waals surface area (Å²) < 4.78 is 6.03. The Morgan fingerprint density at radius 2 is 1.87 bits per heavy atom. The molecule has 0 fully saturated rings. The number of hydrogen-bond acceptors (Lipinski definition) is 2. The van der Waals surface area contributed by atoms with Crippen molar-refractivity contribution in [3.8, 4) is 0 Å². The van der Waals surface area contributed by atoms with Crippen molar-refractivity contribution in [2.75, 3.05) is 6.61 Å². The first-order valence-electron chi connectivity index (χ1n) is 5.78. The predicted octanol–water partition coefficient (Wildman–Crippen LogP) is 3.62. The number of aldehydes is 1. The van der Waals surface area contributed by atoms with Gasteiger partial charge in [-0.15, -0.1) is 0 Å². The van der Waals surface area contributed by atoms with E-state index < -0.39 is 8.32 Å². The van der Waals surface area contributed by atoms with Crippen LogP contribution in [0.2, 0.25) is 18.1 Å². The van der Waals surface area contributed by atoms with E-state index >= 15 is 0 Å². The molecule has 90 valence electrons.